The fraction of sp³-hybridized carbons (Fsp3) is 0.111. The zero-order chi connectivity index (χ0) is 28.8. The van der Waals surface area contributed by atoms with Crippen molar-refractivity contribution in [3.05, 3.63) is 111 Å². The summed E-state index contributed by atoms with van der Waals surface area (Å²) >= 11 is 50.6. The van der Waals surface area contributed by atoms with Gasteiger partial charge in [-0.15, -0.1) is 0 Å². The van der Waals surface area contributed by atoms with Crippen LogP contribution in [0.4, 0.5) is 0 Å². The van der Waals surface area contributed by atoms with Crippen LogP contribution >= 0.6 is 92.8 Å². The zero-order valence-corrected chi connectivity index (χ0v) is 25.4. The van der Waals surface area contributed by atoms with Crippen LogP contribution in [0.15, 0.2) is 48.5 Å². The molecule has 0 saturated heterocycles. The van der Waals surface area contributed by atoms with Gasteiger partial charge in [0, 0.05) is 5.41 Å². The average Bonchev–Trinajstić information content (AvgIpc) is 2.87. The molecule has 0 radical (unpaired) electrons. The molecule has 4 rings (SSSR count). The van der Waals surface area contributed by atoms with Gasteiger partial charge < -0.3 is 20.4 Å². The summed E-state index contributed by atoms with van der Waals surface area (Å²) in [5, 5.41) is 40.9. The summed E-state index contributed by atoms with van der Waals surface area (Å²) in [7, 11) is 0. The largest absolute Gasteiger partial charge is 0.505 e. The number of hydrogen-bond acceptors (Lipinski definition) is 4. The van der Waals surface area contributed by atoms with Crippen LogP contribution < -0.4 is 0 Å². The van der Waals surface area contributed by atoms with Gasteiger partial charge >= 0.3 is 0 Å². The van der Waals surface area contributed by atoms with Gasteiger partial charge in [-0.1, -0.05) is 92.8 Å². The van der Waals surface area contributed by atoms with E-state index in [0.717, 1.165) is 0 Å². The predicted molar refractivity (Wildman–Crippen MR) is 161 cm³/mol. The molecule has 4 aromatic carbocycles. The van der Waals surface area contributed by atoms with Crippen LogP contribution in [0.1, 0.15) is 28.7 Å². The molecule has 0 atom stereocenters. The molecular formula is C27H16Cl8O4. The van der Waals surface area contributed by atoms with Crippen molar-refractivity contribution in [1.29, 1.82) is 0 Å². The van der Waals surface area contributed by atoms with Gasteiger partial charge in [-0.05, 0) is 83.6 Å². The second kappa shape index (κ2) is 11.7. The van der Waals surface area contributed by atoms with E-state index < -0.39 is 5.41 Å². The van der Waals surface area contributed by atoms with Crippen molar-refractivity contribution in [3.8, 4) is 23.0 Å². The lowest BCUT2D eigenvalue weighted by Gasteiger charge is -2.37. The molecular weight excluding hydrogens is 672 g/mol. The first-order valence-electron chi connectivity index (χ1n) is 11.0. The standard InChI is InChI=1S/C27H16Cl8O4/c28-15-3-11(4-16(29)23(15)36)1-2-27(12-5-17(30)24(37)18(31)6-12,13-7-19(32)25(38)20(33)8-13)14-9-21(34)26(39)22(35)10-14/h3-10,36-39H,1-2H2. The Balaban J connectivity index is 2.10. The summed E-state index contributed by atoms with van der Waals surface area (Å²) in [6.45, 7) is 0. The Morgan fingerprint density at radius 2 is 0.641 bits per heavy atom. The Morgan fingerprint density at radius 1 is 0.410 bits per heavy atom. The summed E-state index contributed by atoms with van der Waals surface area (Å²) < 4.78 is 0. The van der Waals surface area contributed by atoms with E-state index in [1.807, 2.05) is 0 Å². The van der Waals surface area contributed by atoms with E-state index in [4.69, 9.17) is 92.8 Å². The second-order valence-corrected chi connectivity index (χ2v) is 11.9. The van der Waals surface area contributed by atoms with Gasteiger partial charge in [-0.25, -0.2) is 0 Å². The molecule has 0 aliphatic carbocycles. The highest BCUT2D eigenvalue weighted by Crippen LogP contribution is 2.51. The number of aromatic hydroxyl groups is 4. The molecule has 0 spiro atoms. The van der Waals surface area contributed by atoms with E-state index in [1.165, 1.54) is 36.4 Å². The third-order valence-electron chi connectivity index (χ3n) is 6.39. The molecule has 0 fully saturated rings. The van der Waals surface area contributed by atoms with E-state index in [9.17, 15) is 20.4 Å². The SMILES string of the molecule is Oc1c(Cl)cc(CCC(c2cc(Cl)c(O)c(Cl)c2)(c2cc(Cl)c(O)c(Cl)c2)c2cc(Cl)c(O)c(Cl)c2)cc1Cl. The monoisotopic (exact) mass is 684 g/mol. The third-order valence-corrected chi connectivity index (χ3v) is 8.70. The van der Waals surface area contributed by atoms with Crippen molar-refractivity contribution >= 4 is 92.8 Å². The maximum absolute atomic E-state index is 10.3. The lowest BCUT2D eigenvalue weighted by atomic mass is 9.66. The lowest BCUT2D eigenvalue weighted by molar-refractivity contribution is 0.472. The molecule has 4 nitrogen and oxygen atoms in total. The molecule has 0 unspecified atom stereocenters. The zero-order valence-electron chi connectivity index (χ0n) is 19.3. The molecule has 0 amide bonds. The smallest absolute Gasteiger partial charge is 0.152 e. The Morgan fingerprint density at radius 3 is 0.897 bits per heavy atom. The number of aryl methyl sites for hydroxylation is 1. The minimum absolute atomic E-state index is 0.0375. The number of phenolic OH excluding ortho intramolecular Hbond substituents is 4. The van der Waals surface area contributed by atoms with Crippen LogP contribution in [0, 0.1) is 0 Å². The highest BCUT2D eigenvalue weighted by atomic mass is 35.5. The normalized spacial score (nSPS) is 11.7. The molecule has 0 heterocycles. The molecule has 0 saturated carbocycles. The number of rotatable bonds is 6. The van der Waals surface area contributed by atoms with Gasteiger partial charge in [-0.3, -0.25) is 0 Å². The third kappa shape index (κ3) is 5.77. The molecule has 0 bridgehead atoms. The Hall–Kier alpha value is -1.60. The second-order valence-electron chi connectivity index (χ2n) is 8.68. The van der Waals surface area contributed by atoms with Gasteiger partial charge in [0.05, 0.1) is 40.2 Å². The minimum Gasteiger partial charge on any atom is -0.505 e. The quantitative estimate of drug-likeness (QED) is 0.152. The van der Waals surface area contributed by atoms with Crippen LogP contribution in [0.25, 0.3) is 0 Å². The van der Waals surface area contributed by atoms with Gasteiger partial charge in [0.25, 0.3) is 0 Å². The summed E-state index contributed by atoms with van der Waals surface area (Å²) in [5.41, 5.74) is 0.834. The first-order valence-corrected chi connectivity index (χ1v) is 14.0. The summed E-state index contributed by atoms with van der Waals surface area (Å²) in [4.78, 5) is 0. The molecule has 12 heteroatoms. The molecule has 4 aromatic rings. The first kappa shape index (κ1) is 30.4. The Labute approximate surface area is 263 Å². The summed E-state index contributed by atoms with van der Waals surface area (Å²) in [6, 6.07) is 12.2. The van der Waals surface area contributed by atoms with Crippen LogP contribution in [-0.4, -0.2) is 20.4 Å². The molecule has 0 aliphatic rings. The summed E-state index contributed by atoms with van der Waals surface area (Å²) in [5.74, 6) is -1.22. The van der Waals surface area contributed by atoms with Gasteiger partial charge in [0.15, 0.2) is 23.0 Å². The fourth-order valence-corrected chi connectivity index (χ4v) is 6.46. The number of hydrogen-bond donors (Lipinski definition) is 4. The highest BCUT2D eigenvalue weighted by Gasteiger charge is 2.39. The average molecular weight is 688 g/mol. The molecule has 0 aliphatic heterocycles. The molecule has 39 heavy (non-hydrogen) atoms. The van der Waals surface area contributed by atoms with Crippen molar-refractivity contribution in [2.24, 2.45) is 0 Å². The number of halogens is 8. The van der Waals surface area contributed by atoms with Gasteiger partial charge in [0.1, 0.15) is 0 Å². The van der Waals surface area contributed by atoms with E-state index in [1.54, 1.807) is 12.1 Å². The van der Waals surface area contributed by atoms with Crippen LogP contribution in [-0.2, 0) is 11.8 Å². The van der Waals surface area contributed by atoms with E-state index in [-0.39, 0.29) is 69.6 Å². The maximum Gasteiger partial charge on any atom is 0.152 e. The van der Waals surface area contributed by atoms with Crippen molar-refractivity contribution in [2.45, 2.75) is 18.3 Å². The lowest BCUT2D eigenvalue weighted by Crippen LogP contribution is -2.30. The van der Waals surface area contributed by atoms with E-state index in [2.05, 4.69) is 0 Å². The molecule has 204 valence electrons. The van der Waals surface area contributed by atoms with E-state index >= 15 is 0 Å². The van der Waals surface area contributed by atoms with Crippen LogP contribution in [0.3, 0.4) is 0 Å². The predicted octanol–water partition coefficient (Wildman–Crippen LogP) is 10.7. The Bertz CT molecular complexity index is 1370. The van der Waals surface area contributed by atoms with Crippen molar-refractivity contribution < 1.29 is 20.4 Å². The summed E-state index contributed by atoms with van der Waals surface area (Å²) in [6.07, 6.45) is 0.513. The van der Waals surface area contributed by atoms with Gasteiger partial charge in [0.2, 0.25) is 0 Å². The number of benzene rings is 4. The topological polar surface area (TPSA) is 80.9 Å². The first-order chi connectivity index (χ1) is 18.3. The van der Waals surface area contributed by atoms with Crippen LogP contribution in [0.2, 0.25) is 40.2 Å². The van der Waals surface area contributed by atoms with Crippen LogP contribution in [0.5, 0.6) is 23.0 Å². The minimum atomic E-state index is -1.25. The van der Waals surface area contributed by atoms with Crippen molar-refractivity contribution in [1.82, 2.24) is 0 Å². The maximum atomic E-state index is 10.3. The Kier molecular flexibility index (Phi) is 9.12. The number of phenols is 4. The van der Waals surface area contributed by atoms with E-state index in [0.29, 0.717) is 28.7 Å². The van der Waals surface area contributed by atoms with Crippen molar-refractivity contribution in [2.75, 3.05) is 0 Å². The van der Waals surface area contributed by atoms with Crippen molar-refractivity contribution in [3.63, 3.8) is 0 Å². The fourth-order valence-electron chi connectivity index (χ4n) is 4.46. The molecule has 0 aromatic heterocycles. The molecule has 4 N–H and O–H groups in total. The van der Waals surface area contributed by atoms with Gasteiger partial charge in [-0.2, -0.15) is 0 Å². The highest BCUT2D eigenvalue weighted by molar-refractivity contribution is 6.39.